The largest absolute Gasteiger partial charge is 0.460 e. The number of halogens is 1. The Morgan fingerprint density at radius 3 is 2.56 bits per heavy atom. The second-order valence-corrected chi connectivity index (χ2v) is 3.27. The molecule has 3 nitrogen and oxygen atoms in total. The van der Waals surface area contributed by atoms with E-state index in [4.69, 9.17) is 10.1 Å². The van der Waals surface area contributed by atoms with Gasteiger partial charge in [0.2, 0.25) is 0 Å². The van der Waals surface area contributed by atoms with Crippen LogP contribution in [0, 0.1) is 11.3 Å². The molecule has 0 saturated heterocycles. The van der Waals surface area contributed by atoms with Crippen LogP contribution < -0.4 is 0 Å². The number of benzene rings is 1. The Kier molecular flexibility index (Phi) is 7.21. The van der Waals surface area contributed by atoms with Gasteiger partial charge in [-0.15, -0.1) is 12.4 Å². The van der Waals surface area contributed by atoms with E-state index in [9.17, 15) is 4.79 Å². The molecule has 4 heteroatoms. The Morgan fingerprint density at radius 2 is 2.06 bits per heavy atom. The SMILES string of the molecule is CC[C@@H](C=N)C(=O)OCc1ccccc1.Cl. The van der Waals surface area contributed by atoms with Crippen LogP contribution in [-0.4, -0.2) is 12.2 Å². The molecule has 0 radical (unpaired) electrons. The second kappa shape index (κ2) is 7.88. The van der Waals surface area contributed by atoms with Gasteiger partial charge < -0.3 is 10.1 Å². The third-order valence-electron chi connectivity index (χ3n) is 2.17. The zero-order valence-corrected chi connectivity index (χ0v) is 10.00. The summed E-state index contributed by atoms with van der Waals surface area (Å²) >= 11 is 0. The molecule has 0 aromatic heterocycles. The van der Waals surface area contributed by atoms with Crippen molar-refractivity contribution in [1.29, 1.82) is 5.41 Å². The number of esters is 1. The Labute approximate surface area is 102 Å². The second-order valence-electron chi connectivity index (χ2n) is 3.27. The molecule has 0 heterocycles. The first kappa shape index (κ1) is 14.6. The van der Waals surface area contributed by atoms with Crippen LogP contribution in [0.2, 0.25) is 0 Å². The summed E-state index contributed by atoms with van der Waals surface area (Å²) in [6.45, 7) is 2.14. The van der Waals surface area contributed by atoms with Crippen molar-refractivity contribution in [2.45, 2.75) is 20.0 Å². The number of ether oxygens (including phenoxy) is 1. The lowest BCUT2D eigenvalue weighted by molar-refractivity contribution is -0.147. The van der Waals surface area contributed by atoms with Crippen molar-refractivity contribution in [2.24, 2.45) is 5.92 Å². The minimum absolute atomic E-state index is 0. The average molecular weight is 242 g/mol. The highest BCUT2D eigenvalue weighted by molar-refractivity contribution is 5.88. The molecule has 0 spiro atoms. The molecule has 16 heavy (non-hydrogen) atoms. The van der Waals surface area contributed by atoms with Crippen LogP contribution in [0.15, 0.2) is 30.3 Å². The first-order valence-corrected chi connectivity index (χ1v) is 4.99. The maximum Gasteiger partial charge on any atom is 0.314 e. The van der Waals surface area contributed by atoms with E-state index in [1.807, 2.05) is 37.3 Å². The summed E-state index contributed by atoms with van der Waals surface area (Å²) in [6.07, 6.45) is 1.74. The molecule has 0 aliphatic carbocycles. The number of carbonyl (C=O) groups excluding carboxylic acids is 1. The van der Waals surface area contributed by atoms with Crippen LogP contribution in [-0.2, 0) is 16.1 Å². The highest BCUT2D eigenvalue weighted by Gasteiger charge is 2.14. The van der Waals surface area contributed by atoms with E-state index in [2.05, 4.69) is 0 Å². The predicted octanol–water partition coefficient (Wildman–Crippen LogP) is 2.83. The first-order valence-electron chi connectivity index (χ1n) is 4.99. The Morgan fingerprint density at radius 1 is 1.44 bits per heavy atom. The van der Waals surface area contributed by atoms with Crippen molar-refractivity contribution in [3.8, 4) is 0 Å². The van der Waals surface area contributed by atoms with Crippen molar-refractivity contribution in [2.75, 3.05) is 0 Å². The van der Waals surface area contributed by atoms with Gasteiger partial charge in [-0.3, -0.25) is 4.79 Å². The van der Waals surface area contributed by atoms with Gasteiger partial charge in [0.15, 0.2) is 0 Å². The summed E-state index contributed by atoms with van der Waals surface area (Å²) in [5.74, 6) is -0.731. The van der Waals surface area contributed by atoms with Crippen molar-refractivity contribution in [3.63, 3.8) is 0 Å². The van der Waals surface area contributed by atoms with Crippen LogP contribution in [0.4, 0.5) is 0 Å². The van der Waals surface area contributed by atoms with Gasteiger partial charge in [-0.25, -0.2) is 0 Å². The van der Waals surface area contributed by atoms with Crippen molar-refractivity contribution in [1.82, 2.24) is 0 Å². The average Bonchev–Trinajstić information content (AvgIpc) is 2.29. The van der Waals surface area contributed by atoms with Crippen LogP contribution in [0.3, 0.4) is 0 Å². The van der Waals surface area contributed by atoms with E-state index >= 15 is 0 Å². The number of hydrogen-bond acceptors (Lipinski definition) is 3. The fourth-order valence-electron chi connectivity index (χ4n) is 1.19. The predicted molar refractivity (Wildman–Crippen MR) is 66.1 cm³/mol. The molecule has 1 N–H and O–H groups in total. The summed E-state index contributed by atoms with van der Waals surface area (Å²) in [4.78, 5) is 11.4. The smallest absolute Gasteiger partial charge is 0.314 e. The van der Waals surface area contributed by atoms with Crippen LogP contribution in [0.5, 0.6) is 0 Å². The van der Waals surface area contributed by atoms with Crippen LogP contribution in [0.25, 0.3) is 0 Å². The number of carbonyl (C=O) groups is 1. The van der Waals surface area contributed by atoms with Crippen LogP contribution >= 0.6 is 12.4 Å². The molecule has 0 saturated carbocycles. The number of hydrogen-bond donors (Lipinski definition) is 1. The van der Waals surface area contributed by atoms with Gasteiger partial charge in [-0.2, -0.15) is 0 Å². The minimum Gasteiger partial charge on any atom is -0.460 e. The van der Waals surface area contributed by atoms with Gasteiger partial charge in [-0.05, 0) is 12.0 Å². The molecule has 0 aliphatic rings. The van der Waals surface area contributed by atoms with Gasteiger partial charge in [0, 0.05) is 6.21 Å². The number of rotatable bonds is 5. The van der Waals surface area contributed by atoms with E-state index < -0.39 is 5.92 Å². The quantitative estimate of drug-likeness (QED) is 0.637. The lowest BCUT2D eigenvalue weighted by atomic mass is 10.1. The lowest BCUT2D eigenvalue weighted by Gasteiger charge is -2.09. The van der Waals surface area contributed by atoms with Crippen molar-refractivity contribution in [3.05, 3.63) is 35.9 Å². The van der Waals surface area contributed by atoms with E-state index in [-0.39, 0.29) is 25.0 Å². The monoisotopic (exact) mass is 241 g/mol. The standard InChI is InChI=1S/C12H15NO2.ClH/c1-2-11(8-13)12(14)15-9-10-6-4-3-5-7-10;/h3-8,11,13H,2,9H2,1H3;1H/t11-;/m0./s1. The minimum atomic E-state index is -0.409. The molecule has 88 valence electrons. The van der Waals surface area contributed by atoms with Crippen molar-refractivity contribution >= 4 is 24.6 Å². The molecule has 1 atom stereocenters. The molecular formula is C12H16ClNO2. The molecule has 1 aromatic carbocycles. The van der Waals surface area contributed by atoms with Crippen molar-refractivity contribution < 1.29 is 9.53 Å². The first-order chi connectivity index (χ1) is 7.27. The fraction of sp³-hybridized carbons (Fsp3) is 0.333. The third kappa shape index (κ3) is 4.45. The molecule has 1 rings (SSSR count). The summed E-state index contributed by atoms with van der Waals surface area (Å²) in [5, 5.41) is 7.05. The lowest BCUT2D eigenvalue weighted by Crippen LogP contribution is -2.17. The highest BCUT2D eigenvalue weighted by Crippen LogP contribution is 2.06. The van der Waals surface area contributed by atoms with E-state index in [0.29, 0.717) is 6.42 Å². The summed E-state index contributed by atoms with van der Waals surface area (Å²) in [7, 11) is 0. The molecule has 0 bridgehead atoms. The van der Waals surface area contributed by atoms with E-state index in [1.165, 1.54) is 0 Å². The van der Waals surface area contributed by atoms with E-state index in [0.717, 1.165) is 11.8 Å². The van der Waals surface area contributed by atoms with Gasteiger partial charge in [0.05, 0.1) is 5.92 Å². The fourth-order valence-corrected chi connectivity index (χ4v) is 1.19. The molecule has 0 unspecified atom stereocenters. The Balaban J connectivity index is 0.00000225. The normalized spacial score (nSPS) is 11.1. The Hall–Kier alpha value is -1.35. The molecular weight excluding hydrogens is 226 g/mol. The van der Waals surface area contributed by atoms with E-state index in [1.54, 1.807) is 0 Å². The zero-order valence-electron chi connectivity index (χ0n) is 9.18. The van der Waals surface area contributed by atoms with Gasteiger partial charge in [0.25, 0.3) is 0 Å². The highest BCUT2D eigenvalue weighted by atomic mass is 35.5. The maximum atomic E-state index is 11.4. The van der Waals surface area contributed by atoms with Gasteiger partial charge >= 0.3 is 5.97 Å². The molecule has 0 amide bonds. The molecule has 0 aliphatic heterocycles. The van der Waals surface area contributed by atoms with Gasteiger partial charge in [-0.1, -0.05) is 37.3 Å². The summed E-state index contributed by atoms with van der Waals surface area (Å²) in [5.41, 5.74) is 0.964. The zero-order chi connectivity index (χ0) is 11.1. The number of nitrogens with one attached hydrogen (secondary N) is 1. The van der Waals surface area contributed by atoms with Gasteiger partial charge in [0.1, 0.15) is 6.61 Å². The Bertz CT molecular complexity index is 327. The summed E-state index contributed by atoms with van der Waals surface area (Å²) < 4.78 is 5.08. The maximum absolute atomic E-state index is 11.4. The third-order valence-corrected chi connectivity index (χ3v) is 2.17. The summed E-state index contributed by atoms with van der Waals surface area (Å²) in [6, 6.07) is 9.52. The molecule has 0 fully saturated rings. The van der Waals surface area contributed by atoms with Crippen LogP contribution in [0.1, 0.15) is 18.9 Å². The molecule has 1 aromatic rings. The topological polar surface area (TPSA) is 50.2 Å².